The number of rotatable bonds is 3. The second-order valence-electron chi connectivity index (χ2n) is 5.38. The van der Waals surface area contributed by atoms with Crippen LogP contribution in [0.5, 0.6) is 0 Å². The third-order valence-corrected chi connectivity index (χ3v) is 4.54. The molecule has 5 heteroatoms. The summed E-state index contributed by atoms with van der Waals surface area (Å²) in [5, 5.41) is 0.821. The Morgan fingerprint density at radius 1 is 1.05 bits per heavy atom. The third kappa shape index (κ3) is 3.19. The number of aromatic nitrogens is 2. The van der Waals surface area contributed by atoms with Gasteiger partial charge in [0, 0.05) is 12.0 Å². The quantitative estimate of drug-likeness (QED) is 0.728. The Morgan fingerprint density at radius 2 is 1.67 bits per heavy atom. The van der Waals surface area contributed by atoms with E-state index in [1.807, 2.05) is 0 Å². The Bertz CT molecular complexity index is 631. The summed E-state index contributed by atoms with van der Waals surface area (Å²) < 4.78 is 13.7. The van der Waals surface area contributed by atoms with Crippen molar-refractivity contribution in [3.05, 3.63) is 57.3 Å². The molecule has 0 saturated heterocycles. The first-order valence-corrected chi connectivity index (χ1v) is 7.86. The molecule has 0 radical (unpaired) electrons. The molecular formula is C16H15Cl2FN2. The lowest BCUT2D eigenvalue weighted by Gasteiger charge is -2.13. The van der Waals surface area contributed by atoms with Gasteiger partial charge < -0.3 is 0 Å². The molecule has 21 heavy (non-hydrogen) atoms. The van der Waals surface area contributed by atoms with Gasteiger partial charge in [-0.1, -0.05) is 54.2 Å². The van der Waals surface area contributed by atoms with Crippen LogP contribution in [0.4, 0.5) is 4.39 Å². The maximum atomic E-state index is 13.7. The minimum atomic E-state index is -0.270. The van der Waals surface area contributed by atoms with Crippen LogP contribution in [0.2, 0.25) is 10.3 Å². The van der Waals surface area contributed by atoms with Crippen molar-refractivity contribution in [1.82, 2.24) is 9.97 Å². The minimum absolute atomic E-state index is 0.270. The van der Waals surface area contributed by atoms with E-state index >= 15 is 0 Å². The zero-order valence-corrected chi connectivity index (χ0v) is 13.0. The van der Waals surface area contributed by atoms with Crippen molar-refractivity contribution < 1.29 is 4.39 Å². The van der Waals surface area contributed by atoms with E-state index in [-0.39, 0.29) is 12.2 Å². The Balaban J connectivity index is 1.89. The van der Waals surface area contributed by atoms with Gasteiger partial charge in [-0.25, -0.2) is 14.4 Å². The van der Waals surface area contributed by atoms with E-state index in [1.165, 1.54) is 18.9 Å². The first-order valence-electron chi connectivity index (χ1n) is 7.10. The molecule has 2 aromatic rings. The van der Waals surface area contributed by atoms with Gasteiger partial charge in [0.1, 0.15) is 21.9 Å². The number of nitrogens with zero attached hydrogens (tertiary/aromatic N) is 2. The van der Waals surface area contributed by atoms with Crippen LogP contribution in [0.3, 0.4) is 0 Å². The molecule has 1 fully saturated rings. The van der Waals surface area contributed by atoms with Gasteiger partial charge in [-0.05, 0) is 30.4 Å². The predicted molar refractivity (Wildman–Crippen MR) is 82.5 cm³/mol. The summed E-state index contributed by atoms with van der Waals surface area (Å²) in [6.07, 6.45) is 4.82. The molecule has 1 aliphatic rings. The SMILES string of the molecule is Fc1ccccc1Cc1nc(Cl)c(C2CCCC2)c(Cl)n1. The number of benzene rings is 1. The minimum Gasteiger partial charge on any atom is -0.220 e. The maximum absolute atomic E-state index is 13.7. The summed E-state index contributed by atoms with van der Waals surface area (Å²) in [5.74, 6) is 0.539. The van der Waals surface area contributed by atoms with Crippen molar-refractivity contribution in [3.63, 3.8) is 0 Å². The van der Waals surface area contributed by atoms with E-state index in [2.05, 4.69) is 9.97 Å². The van der Waals surface area contributed by atoms with Crippen LogP contribution in [0.15, 0.2) is 24.3 Å². The zero-order chi connectivity index (χ0) is 14.8. The molecule has 0 unspecified atom stereocenters. The first-order chi connectivity index (χ1) is 10.1. The number of halogens is 3. The molecule has 0 spiro atoms. The highest BCUT2D eigenvalue weighted by molar-refractivity contribution is 6.34. The van der Waals surface area contributed by atoms with Crippen molar-refractivity contribution in [2.24, 2.45) is 0 Å². The van der Waals surface area contributed by atoms with Crippen LogP contribution >= 0.6 is 23.2 Å². The molecule has 0 atom stereocenters. The van der Waals surface area contributed by atoms with E-state index in [0.717, 1.165) is 18.4 Å². The third-order valence-electron chi connectivity index (χ3n) is 3.97. The molecule has 0 amide bonds. The number of hydrogen-bond donors (Lipinski definition) is 0. The van der Waals surface area contributed by atoms with Gasteiger partial charge in [-0.2, -0.15) is 0 Å². The summed E-state index contributed by atoms with van der Waals surface area (Å²) >= 11 is 12.6. The molecule has 1 saturated carbocycles. The smallest absolute Gasteiger partial charge is 0.137 e. The van der Waals surface area contributed by atoms with Gasteiger partial charge in [-0.3, -0.25) is 0 Å². The Hall–Kier alpha value is -1.19. The van der Waals surface area contributed by atoms with Gasteiger partial charge in [0.05, 0.1) is 0 Å². The van der Waals surface area contributed by atoms with Gasteiger partial charge in [0.25, 0.3) is 0 Å². The highest BCUT2D eigenvalue weighted by atomic mass is 35.5. The molecule has 1 aliphatic carbocycles. The molecule has 3 rings (SSSR count). The molecule has 0 N–H and O–H groups in total. The maximum Gasteiger partial charge on any atom is 0.137 e. The Kier molecular flexibility index (Phi) is 4.41. The van der Waals surface area contributed by atoms with Crippen LogP contribution in [0, 0.1) is 5.82 Å². The van der Waals surface area contributed by atoms with E-state index in [0.29, 0.717) is 27.6 Å². The summed E-state index contributed by atoms with van der Waals surface area (Å²) in [4.78, 5) is 8.64. The highest BCUT2D eigenvalue weighted by Gasteiger charge is 2.24. The van der Waals surface area contributed by atoms with Crippen LogP contribution in [-0.4, -0.2) is 9.97 Å². The van der Waals surface area contributed by atoms with Crippen molar-refractivity contribution in [2.45, 2.75) is 38.0 Å². The fourth-order valence-electron chi connectivity index (χ4n) is 2.90. The van der Waals surface area contributed by atoms with E-state index in [1.54, 1.807) is 18.2 Å². The standard InChI is InChI=1S/C16H15Cl2FN2/c17-15-14(10-5-1-2-6-10)16(18)21-13(20-15)9-11-7-3-4-8-12(11)19/h3-4,7-8,10H,1-2,5-6,9H2. The summed E-state index contributed by atoms with van der Waals surface area (Å²) in [7, 11) is 0. The highest BCUT2D eigenvalue weighted by Crippen LogP contribution is 2.40. The molecule has 0 bridgehead atoms. The van der Waals surface area contributed by atoms with Crippen molar-refractivity contribution >= 4 is 23.2 Å². The van der Waals surface area contributed by atoms with Crippen molar-refractivity contribution in [1.29, 1.82) is 0 Å². The molecule has 110 valence electrons. The monoisotopic (exact) mass is 324 g/mol. The molecule has 0 aliphatic heterocycles. The van der Waals surface area contributed by atoms with E-state index in [4.69, 9.17) is 23.2 Å². The average Bonchev–Trinajstić information content (AvgIpc) is 2.94. The summed E-state index contributed by atoms with van der Waals surface area (Å²) in [6.45, 7) is 0. The van der Waals surface area contributed by atoms with Gasteiger partial charge in [-0.15, -0.1) is 0 Å². The van der Waals surface area contributed by atoms with Gasteiger partial charge >= 0.3 is 0 Å². The second-order valence-corrected chi connectivity index (χ2v) is 6.10. The van der Waals surface area contributed by atoms with Crippen LogP contribution in [0.1, 0.15) is 48.6 Å². The lowest BCUT2D eigenvalue weighted by molar-refractivity contribution is 0.611. The Morgan fingerprint density at radius 3 is 2.29 bits per heavy atom. The average molecular weight is 325 g/mol. The predicted octanol–water partition coefficient (Wildman–Crippen LogP) is 5.17. The van der Waals surface area contributed by atoms with Crippen molar-refractivity contribution in [2.75, 3.05) is 0 Å². The lowest BCUT2D eigenvalue weighted by atomic mass is 10.0. The van der Waals surface area contributed by atoms with E-state index in [9.17, 15) is 4.39 Å². The topological polar surface area (TPSA) is 25.8 Å². The molecule has 1 aromatic carbocycles. The Labute approximate surface area is 133 Å². The first kappa shape index (κ1) is 14.7. The summed E-state index contributed by atoms with van der Waals surface area (Å²) in [5.41, 5.74) is 1.39. The van der Waals surface area contributed by atoms with Crippen LogP contribution in [0.25, 0.3) is 0 Å². The van der Waals surface area contributed by atoms with Gasteiger partial charge in [0.2, 0.25) is 0 Å². The normalized spacial score (nSPS) is 15.6. The molecular weight excluding hydrogens is 310 g/mol. The van der Waals surface area contributed by atoms with Crippen molar-refractivity contribution in [3.8, 4) is 0 Å². The van der Waals surface area contributed by atoms with E-state index < -0.39 is 0 Å². The van der Waals surface area contributed by atoms with Crippen LogP contribution < -0.4 is 0 Å². The fourth-order valence-corrected chi connectivity index (χ4v) is 3.63. The largest absolute Gasteiger partial charge is 0.220 e. The molecule has 1 heterocycles. The second kappa shape index (κ2) is 6.29. The fraction of sp³-hybridized carbons (Fsp3) is 0.375. The zero-order valence-electron chi connectivity index (χ0n) is 11.5. The lowest BCUT2D eigenvalue weighted by Crippen LogP contribution is -2.05. The molecule has 2 nitrogen and oxygen atoms in total. The number of hydrogen-bond acceptors (Lipinski definition) is 2. The van der Waals surface area contributed by atoms with Crippen LogP contribution in [-0.2, 0) is 6.42 Å². The summed E-state index contributed by atoms with van der Waals surface area (Å²) in [6, 6.07) is 6.58. The molecule has 1 aromatic heterocycles. The van der Waals surface area contributed by atoms with Gasteiger partial charge in [0.15, 0.2) is 0 Å².